The summed E-state index contributed by atoms with van der Waals surface area (Å²) in [6.45, 7) is -0.425. The van der Waals surface area contributed by atoms with Gasteiger partial charge in [-0.25, -0.2) is 4.79 Å². The second-order valence-electron chi connectivity index (χ2n) is 2.47. The van der Waals surface area contributed by atoms with Crippen LogP contribution in [-0.4, -0.2) is 11.1 Å². The molecule has 0 aliphatic rings. The van der Waals surface area contributed by atoms with Crippen LogP contribution in [0.2, 0.25) is 0 Å². The zero-order chi connectivity index (χ0) is 10.9. The van der Waals surface area contributed by atoms with Gasteiger partial charge in [0, 0.05) is 12.1 Å². The van der Waals surface area contributed by atoms with Crippen LogP contribution in [0.1, 0.15) is 21.9 Å². The van der Waals surface area contributed by atoms with Gasteiger partial charge in [0.25, 0.3) is 0 Å². The van der Waals surface area contributed by atoms with Crippen molar-refractivity contribution in [3.63, 3.8) is 0 Å². The Kier molecular flexibility index (Phi) is 2.52. The van der Waals surface area contributed by atoms with E-state index in [4.69, 9.17) is 10.8 Å². The third-order valence-electron chi connectivity index (χ3n) is 1.50. The van der Waals surface area contributed by atoms with E-state index in [2.05, 4.69) is 4.42 Å². The van der Waals surface area contributed by atoms with Crippen LogP contribution in [0.3, 0.4) is 0 Å². The summed E-state index contributed by atoms with van der Waals surface area (Å²) in [7, 11) is 0. The first-order valence-electron chi connectivity index (χ1n) is 3.49. The Hall–Kier alpha value is -1.50. The number of furan rings is 1. The minimum absolute atomic E-state index is 0.366. The molecule has 1 aromatic heterocycles. The number of hydrogen-bond acceptors (Lipinski definition) is 3. The van der Waals surface area contributed by atoms with E-state index in [1.54, 1.807) is 0 Å². The van der Waals surface area contributed by atoms with E-state index >= 15 is 0 Å². The first-order chi connectivity index (χ1) is 6.36. The highest BCUT2D eigenvalue weighted by atomic mass is 19.4. The average Bonchev–Trinajstić information content (AvgIpc) is 2.46. The van der Waals surface area contributed by atoms with Gasteiger partial charge in [0.2, 0.25) is 11.5 Å². The fourth-order valence-electron chi connectivity index (χ4n) is 0.926. The van der Waals surface area contributed by atoms with Crippen molar-refractivity contribution < 1.29 is 27.5 Å². The molecule has 0 bridgehead atoms. The Bertz CT molecular complexity index is 356. The lowest BCUT2D eigenvalue weighted by Crippen LogP contribution is -2.09. The van der Waals surface area contributed by atoms with Crippen molar-refractivity contribution in [1.29, 1.82) is 0 Å². The molecule has 0 aliphatic carbocycles. The fraction of sp³-hybridized carbons (Fsp3) is 0.286. The summed E-state index contributed by atoms with van der Waals surface area (Å²) in [6.07, 6.45) is -4.72. The van der Waals surface area contributed by atoms with Crippen LogP contribution >= 0.6 is 0 Å². The number of carboxylic acids is 1. The standard InChI is InChI=1S/C7H6F3NO3/c8-7(9,10)5-3(2-11)1-4(14-5)6(12)13/h1H,2,11H2,(H,12,13). The topological polar surface area (TPSA) is 76.5 Å². The van der Waals surface area contributed by atoms with Gasteiger partial charge in [0.15, 0.2) is 0 Å². The zero-order valence-corrected chi connectivity index (χ0v) is 6.76. The summed E-state index contributed by atoms with van der Waals surface area (Å²) in [4.78, 5) is 10.3. The Balaban J connectivity index is 3.22. The van der Waals surface area contributed by atoms with Gasteiger partial charge >= 0.3 is 12.1 Å². The van der Waals surface area contributed by atoms with E-state index in [1.165, 1.54) is 0 Å². The smallest absolute Gasteiger partial charge is 0.449 e. The van der Waals surface area contributed by atoms with Crippen molar-refractivity contribution in [2.75, 3.05) is 0 Å². The number of carboxylic acid groups (broad SMARTS) is 1. The zero-order valence-electron chi connectivity index (χ0n) is 6.76. The Morgan fingerprint density at radius 1 is 1.57 bits per heavy atom. The molecule has 0 atom stereocenters. The minimum Gasteiger partial charge on any atom is -0.475 e. The molecule has 0 unspecified atom stereocenters. The predicted octanol–water partition coefficient (Wildman–Crippen LogP) is 1.46. The molecule has 1 aromatic rings. The number of alkyl halides is 3. The van der Waals surface area contributed by atoms with Crippen molar-refractivity contribution in [2.24, 2.45) is 5.73 Å². The van der Waals surface area contributed by atoms with E-state index in [0.29, 0.717) is 0 Å². The lowest BCUT2D eigenvalue weighted by atomic mass is 10.2. The maximum atomic E-state index is 12.2. The highest BCUT2D eigenvalue weighted by Gasteiger charge is 2.38. The third kappa shape index (κ3) is 1.87. The molecule has 78 valence electrons. The summed E-state index contributed by atoms with van der Waals surface area (Å²) >= 11 is 0. The lowest BCUT2D eigenvalue weighted by Gasteiger charge is -2.03. The summed E-state index contributed by atoms with van der Waals surface area (Å²) < 4.78 is 40.6. The molecule has 14 heavy (non-hydrogen) atoms. The third-order valence-corrected chi connectivity index (χ3v) is 1.50. The minimum atomic E-state index is -4.72. The van der Waals surface area contributed by atoms with Crippen LogP contribution in [0.4, 0.5) is 13.2 Å². The van der Waals surface area contributed by atoms with Crippen molar-refractivity contribution in [3.05, 3.63) is 23.2 Å². The molecule has 1 heterocycles. The number of rotatable bonds is 2. The Morgan fingerprint density at radius 3 is 2.43 bits per heavy atom. The van der Waals surface area contributed by atoms with Gasteiger partial charge in [-0.3, -0.25) is 0 Å². The summed E-state index contributed by atoms with van der Waals surface area (Å²) in [5.74, 6) is -3.68. The van der Waals surface area contributed by atoms with Crippen molar-refractivity contribution in [3.8, 4) is 0 Å². The summed E-state index contributed by atoms with van der Waals surface area (Å²) in [5, 5.41) is 8.38. The second kappa shape index (κ2) is 3.33. The van der Waals surface area contributed by atoms with Crippen LogP contribution in [0.25, 0.3) is 0 Å². The van der Waals surface area contributed by atoms with Gasteiger partial charge in [-0.2, -0.15) is 13.2 Å². The fourth-order valence-corrected chi connectivity index (χ4v) is 0.926. The van der Waals surface area contributed by atoms with Gasteiger partial charge < -0.3 is 15.3 Å². The first-order valence-corrected chi connectivity index (χ1v) is 3.49. The average molecular weight is 209 g/mol. The van der Waals surface area contributed by atoms with Crippen molar-refractivity contribution >= 4 is 5.97 Å². The molecule has 0 saturated carbocycles. The largest absolute Gasteiger partial charge is 0.475 e. The Labute approximate surface area is 76.1 Å². The van der Waals surface area contributed by atoms with Crippen LogP contribution in [0, 0.1) is 0 Å². The van der Waals surface area contributed by atoms with Gasteiger partial charge in [-0.15, -0.1) is 0 Å². The summed E-state index contributed by atoms with van der Waals surface area (Å²) in [5.41, 5.74) is 4.64. The molecule has 0 radical (unpaired) electrons. The molecular formula is C7H6F3NO3. The van der Waals surface area contributed by atoms with Crippen LogP contribution in [0.5, 0.6) is 0 Å². The molecule has 0 saturated heterocycles. The maximum Gasteiger partial charge on any atom is 0.449 e. The SMILES string of the molecule is NCc1cc(C(=O)O)oc1C(F)(F)F. The predicted molar refractivity (Wildman–Crippen MR) is 38.6 cm³/mol. The van der Waals surface area contributed by atoms with Gasteiger partial charge in [-0.05, 0) is 6.07 Å². The molecule has 0 amide bonds. The quantitative estimate of drug-likeness (QED) is 0.772. The van der Waals surface area contributed by atoms with Gasteiger partial charge in [-0.1, -0.05) is 0 Å². The lowest BCUT2D eigenvalue weighted by molar-refractivity contribution is -0.153. The number of nitrogens with two attached hydrogens (primary N) is 1. The highest BCUT2D eigenvalue weighted by Crippen LogP contribution is 2.33. The van der Waals surface area contributed by atoms with E-state index in [0.717, 1.165) is 6.07 Å². The van der Waals surface area contributed by atoms with Crippen LogP contribution in [0.15, 0.2) is 10.5 Å². The van der Waals surface area contributed by atoms with E-state index in [-0.39, 0.29) is 5.56 Å². The Morgan fingerprint density at radius 2 is 2.14 bits per heavy atom. The van der Waals surface area contributed by atoms with Crippen LogP contribution in [-0.2, 0) is 12.7 Å². The molecule has 1 rings (SSSR count). The van der Waals surface area contributed by atoms with Crippen LogP contribution < -0.4 is 5.73 Å². The first kappa shape index (κ1) is 10.6. The summed E-state index contributed by atoms with van der Waals surface area (Å²) in [6, 6.07) is 0.769. The number of halogens is 3. The molecule has 0 fully saturated rings. The maximum absolute atomic E-state index is 12.2. The monoisotopic (exact) mass is 209 g/mol. The number of aromatic carboxylic acids is 1. The van der Waals surface area contributed by atoms with E-state index in [9.17, 15) is 18.0 Å². The van der Waals surface area contributed by atoms with E-state index < -0.39 is 30.2 Å². The number of carbonyl (C=O) groups is 1. The van der Waals surface area contributed by atoms with E-state index in [1.807, 2.05) is 0 Å². The van der Waals surface area contributed by atoms with Crippen molar-refractivity contribution in [1.82, 2.24) is 0 Å². The molecule has 0 aromatic carbocycles. The van der Waals surface area contributed by atoms with Gasteiger partial charge in [0.1, 0.15) is 0 Å². The molecule has 7 heteroatoms. The highest BCUT2D eigenvalue weighted by molar-refractivity contribution is 5.84. The molecule has 3 N–H and O–H groups in total. The second-order valence-corrected chi connectivity index (χ2v) is 2.47. The molecule has 0 aliphatic heterocycles. The molecular weight excluding hydrogens is 203 g/mol. The molecule has 4 nitrogen and oxygen atoms in total. The number of hydrogen-bond donors (Lipinski definition) is 2. The molecule has 0 spiro atoms. The van der Waals surface area contributed by atoms with Crippen molar-refractivity contribution in [2.45, 2.75) is 12.7 Å². The van der Waals surface area contributed by atoms with Gasteiger partial charge in [0.05, 0.1) is 0 Å². The normalized spacial score (nSPS) is 11.7.